The van der Waals surface area contributed by atoms with E-state index in [2.05, 4.69) is 39.0 Å². The summed E-state index contributed by atoms with van der Waals surface area (Å²) in [6, 6.07) is 0. The van der Waals surface area contributed by atoms with Gasteiger partial charge in [0, 0.05) is 0 Å². The Morgan fingerprint density at radius 3 is 2.43 bits per heavy atom. The van der Waals surface area contributed by atoms with Crippen LogP contribution in [0.25, 0.3) is 0 Å². The van der Waals surface area contributed by atoms with Gasteiger partial charge >= 0.3 is 98.4 Å². The van der Waals surface area contributed by atoms with Gasteiger partial charge in [0.25, 0.3) is 0 Å². The molecule has 0 heterocycles. The molecule has 2 rings (SSSR count). The molecule has 0 N–H and O–H groups in total. The Bertz CT molecular complexity index is 378. The van der Waals surface area contributed by atoms with E-state index in [1.54, 1.807) is 23.3 Å². The van der Waals surface area contributed by atoms with Crippen molar-refractivity contribution < 1.29 is 23.2 Å². The quantitative estimate of drug-likeness (QED) is 0.708. The summed E-state index contributed by atoms with van der Waals surface area (Å²) in [5, 5.41) is 0. The fourth-order valence-corrected chi connectivity index (χ4v) is 5.67. The van der Waals surface area contributed by atoms with Crippen molar-refractivity contribution in [2.45, 2.75) is 33.6 Å². The monoisotopic (exact) mass is 262 g/mol. The second-order valence-electron chi connectivity index (χ2n) is 4.13. The van der Waals surface area contributed by atoms with Crippen LogP contribution in [0.3, 0.4) is 0 Å². The van der Waals surface area contributed by atoms with Gasteiger partial charge in [-0.2, -0.15) is 0 Å². The molecule has 0 saturated carbocycles. The van der Waals surface area contributed by atoms with Gasteiger partial charge in [-0.15, -0.1) is 0 Å². The van der Waals surface area contributed by atoms with Gasteiger partial charge in [0.15, 0.2) is 0 Å². The van der Waals surface area contributed by atoms with Crippen LogP contribution in [0.4, 0.5) is 0 Å². The zero-order valence-electron chi connectivity index (χ0n) is 9.15. The molecule has 0 bridgehead atoms. The summed E-state index contributed by atoms with van der Waals surface area (Å²) in [6.45, 7) is 6.87. The van der Waals surface area contributed by atoms with Crippen LogP contribution in [0.15, 0.2) is 41.5 Å². The van der Waals surface area contributed by atoms with Crippen LogP contribution in [0.1, 0.15) is 33.6 Å². The molecule has 0 aromatic carbocycles. The molecule has 14 heavy (non-hydrogen) atoms. The van der Waals surface area contributed by atoms with Crippen molar-refractivity contribution in [1.29, 1.82) is 0 Å². The van der Waals surface area contributed by atoms with Crippen LogP contribution in [0.2, 0.25) is 0 Å². The predicted molar refractivity (Wildman–Crippen MR) is 57.5 cm³/mol. The molecule has 2 aliphatic carbocycles. The van der Waals surface area contributed by atoms with E-state index in [-0.39, 0.29) is 0 Å². The molecule has 0 fully saturated rings. The molecule has 0 saturated heterocycles. The second-order valence-corrected chi connectivity index (χ2v) is 7.81. The molecule has 72 valence electrons. The summed E-state index contributed by atoms with van der Waals surface area (Å²) in [5.74, 6) is 0. The summed E-state index contributed by atoms with van der Waals surface area (Å²) in [7, 11) is 0. The second kappa shape index (κ2) is 4.15. The maximum absolute atomic E-state index is 2.34. The van der Waals surface area contributed by atoms with Gasteiger partial charge in [-0.25, -0.2) is 0 Å². The molecule has 0 aliphatic heterocycles. The Hall–Kier alpha value is -0.157. The normalized spacial score (nSPS) is 20.9. The number of rotatable bonds is 2. The first-order valence-electron chi connectivity index (χ1n) is 5.17. The van der Waals surface area contributed by atoms with Crippen LogP contribution >= 0.6 is 0 Å². The third kappa shape index (κ3) is 1.93. The van der Waals surface area contributed by atoms with Gasteiger partial charge in [-0.3, -0.25) is 0 Å². The topological polar surface area (TPSA) is 0 Å². The van der Waals surface area contributed by atoms with Crippen molar-refractivity contribution in [1.82, 2.24) is 0 Å². The standard InChI is InChI=1S/C8H11.C5H5.Zr/c1-6-4-5-7(2)8(6)3;1-2-4-5-3-1;/h4H2,1-3H3;1-3H,4H2;. The van der Waals surface area contributed by atoms with Crippen LogP contribution < -0.4 is 0 Å². The fourth-order valence-electron chi connectivity index (χ4n) is 1.95. The average molecular weight is 263 g/mol. The van der Waals surface area contributed by atoms with Gasteiger partial charge in [-0.05, 0) is 0 Å². The van der Waals surface area contributed by atoms with Crippen molar-refractivity contribution in [3.63, 3.8) is 0 Å². The zero-order valence-corrected chi connectivity index (χ0v) is 11.6. The van der Waals surface area contributed by atoms with Crippen molar-refractivity contribution in [3.8, 4) is 0 Å². The Kier molecular flexibility index (Phi) is 3.07. The summed E-state index contributed by atoms with van der Waals surface area (Å²) >= 11 is -0.401. The van der Waals surface area contributed by atoms with E-state index >= 15 is 0 Å². The van der Waals surface area contributed by atoms with E-state index in [9.17, 15) is 0 Å². The third-order valence-electron chi connectivity index (χ3n) is 3.18. The van der Waals surface area contributed by atoms with Gasteiger partial charge in [0.05, 0.1) is 0 Å². The molecular weight excluding hydrogens is 247 g/mol. The third-order valence-corrected chi connectivity index (χ3v) is 6.98. The first kappa shape index (κ1) is 10.4. The summed E-state index contributed by atoms with van der Waals surface area (Å²) in [5.41, 5.74) is 4.78. The van der Waals surface area contributed by atoms with Crippen molar-refractivity contribution >= 4 is 0 Å². The van der Waals surface area contributed by atoms with Crippen molar-refractivity contribution in [2.75, 3.05) is 0 Å². The molecule has 0 nitrogen and oxygen atoms in total. The Labute approximate surface area is 98.0 Å². The number of hydrogen-bond donors (Lipinski definition) is 0. The van der Waals surface area contributed by atoms with E-state index in [0.717, 1.165) is 0 Å². The van der Waals surface area contributed by atoms with E-state index in [1.807, 2.05) is 0 Å². The Morgan fingerprint density at radius 1 is 1.14 bits per heavy atom. The van der Waals surface area contributed by atoms with Crippen LogP contribution in [-0.2, 0) is 23.2 Å². The summed E-state index contributed by atoms with van der Waals surface area (Å²) < 4.78 is 3.55. The molecule has 1 heteroatoms. The van der Waals surface area contributed by atoms with Gasteiger partial charge in [0.1, 0.15) is 0 Å². The van der Waals surface area contributed by atoms with Crippen LogP contribution in [0.5, 0.6) is 0 Å². The molecule has 0 unspecified atom stereocenters. The summed E-state index contributed by atoms with van der Waals surface area (Å²) in [4.78, 5) is 0. The Balaban J connectivity index is 2.09. The van der Waals surface area contributed by atoms with Crippen molar-refractivity contribution in [2.24, 2.45) is 0 Å². The first-order chi connectivity index (χ1) is 6.68. The zero-order chi connectivity index (χ0) is 10.1. The fraction of sp³-hybridized carbons (Fsp3) is 0.385. The molecule has 0 aromatic rings. The minimum absolute atomic E-state index is 0.401. The number of allylic oxidation sites excluding steroid dienone is 8. The Morgan fingerprint density at radius 2 is 1.93 bits per heavy atom. The van der Waals surface area contributed by atoms with Crippen LogP contribution in [0, 0.1) is 0 Å². The van der Waals surface area contributed by atoms with E-state index in [4.69, 9.17) is 0 Å². The minimum atomic E-state index is -0.401. The summed E-state index contributed by atoms with van der Waals surface area (Å²) in [6.07, 6.45) is 9.36. The molecule has 0 radical (unpaired) electrons. The van der Waals surface area contributed by atoms with Gasteiger partial charge in [0.2, 0.25) is 0 Å². The van der Waals surface area contributed by atoms with E-state index in [0.29, 0.717) is 0 Å². The molecule has 0 spiro atoms. The molecule has 0 atom stereocenters. The molecule has 2 aliphatic rings. The average Bonchev–Trinajstić information content (AvgIpc) is 2.73. The van der Waals surface area contributed by atoms with E-state index < -0.39 is 23.2 Å². The molecule has 0 amide bonds. The van der Waals surface area contributed by atoms with E-state index in [1.165, 1.54) is 12.8 Å². The predicted octanol–water partition coefficient (Wildman–Crippen LogP) is 3.93. The maximum atomic E-state index is 2.34. The first-order valence-corrected chi connectivity index (χ1v) is 7.63. The van der Waals surface area contributed by atoms with Crippen molar-refractivity contribution in [3.05, 3.63) is 41.5 Å². The number of hydrogen-bond acceptors (Lipinski definition) is 0. The molecular formula is C13H16Zr. The van der Waals surface area contributed by atoms with Crippen LogP contribution in [-0.4, -0.2) is 0 Å². The van der Waals surface area contributed by atoms with Gasteiger partial charge in [-0.1, -0.05) is 0 Å². The molecule has 0 aromatic heterocycles. The SMILES string of the molecule is CC1=C(C)C(C)=[C]([Zr][C]2=CC=CC2)C1. The van der Waals surface area contributed by atoms with Gasteiger partial charge < -0.3 is 0 Å².